The number of nitrogens with two attached hydrogens (primary N) is 1. The van der Waals surface area contributed by atoms with Gasteiger partial charge in [-0.2, -0.15) is 0 Å². The molecule has 0 saturated heterocycles. The predicted molar refractivity (Wildman–Crippen MR) is 136 cm³/mol. The molecule has 4 N–H and O–H groups in total. The lowest BCUT2D eigenvalue weighted by Crippen LogP contribution is -2.19. The number of aliphatic hydroxyl groups excluding tert-OH is 1. The van der Waals surface area contributed by atoms with Crippen LogP contribution in [0.15, 0.2) is 77.3 Å². The minimum absolute atomic E-state index is 0.115. The first-order valence-corrected chi connectivity index (χ1v) is 11.7. The molecule has 1 heterocycles. The Hall–Kier alpha value is -4.56. The van der Waals surface area contributed by atoms with Crippen LogP contribution in [0.4, 0.5) is 20.3 Å². The fraction of sp³-hybridized carbons (Fsp3) is 0.103. The number of hydrogen-bond acceptors (Lipinski definition) is 5. The molecular weight excluding hydrogens is 476 g/mol. The van der Waals surface area contributed by atoms with E-state index in [0.29, 0.717) is 39.8 Å². The Morgan fingerprint density at radius 2 is 1.78 bits per heavy atom. The number of fused-ring (bicyclic) bond motifs is 3. The number of benzene rings is 4. The van der Waals surface area contributed by atoms with E-state index in [2.05, 4.69) is 10.5 Å². The summed E-state index contributed by atoms with van der Waals surface area (Å²) >= 11 is 0. The van der Waals surface area contributed by atoms with Gasteiger partial charge in [0.2, 0.25) is 0 Å². The third-order valence-electron chi connectivity index (χ3n) is 6.86. The van der Waals surface area contributed by atoms with Crippen molar-refractivity contribution >= 4 is 28.4 Å². The van der Waals surface area contributed by atoms with Crippen LogP contribution in [-0.2, 0) is 6.42 Å². The van der Waals surface area contributed by atoms with Gasteiger partial charge in [0.15, 0.2) is 11.4 Å². The van der Waals surface area contributed by atoms with Crippen LogP contribution in [0, 0.1) is 11.6 Å². The average Bonchev–Trinajstić information content (AvgIpc) is 3.26. The first kappa shape index (κ1) is 22.9. The van der Waals surface area contributed by atoms with E-state index in [0.717, 1.165) is 28.3 Å². The number of rotatable bonds is 4. The third kappa shape index (κ3) is 4.01. The molecule has 0 bridgehead atoms. The van der Waals surface area contributed by atoms with E-state index < -0.39 is 11.6 Å². The molecule has 1 amide bonds. The zero-order valence-electron chi connectivity index (χ0n) is 19.5. The number of aliphatic hydroxyl groups is 1. The summed E-state index contributed by atoms with van der Waals surface area (Å²) in [5.41, 5.74) is 12.0. The van der Waals surface area contributed by atoms with Crippen molar-refractivity contribution in [3.05, 3.63) is 112 Å². The van der Waals surface area contributed by atoms with Gasteiger partial charge in [-0.15, -0.1) is 0 Å². The van der Waals surface area contributed by atoms with Gasteiger partial charge in [0.05, 0.1) is 12.0 Å². The maximum absolute atomic E-state index is 14.4. The van der Waals surface area contributed by atoms with Crippen molar-refractivity contribution in [3.8, 4) is 11.1 Å². The van der Waals surface area contributed by atoms with Crippen molar-refractivity contribution in [2.75, 3.05) is 17.7 Å². The van der Waals surface area contributed by atoms with E-state index in [-0.39, 0.29) is 24.2 Å². The molecule has 0 radical (unpaired) electrons. The highest BCUT2D eigenvalue weighted by molar-refractivity contribution is 6.05. The first-order chi connectivity index (χ1) is 17.9. The number of hydrogen-bond donors (Lipinski definition) is 3. The Morgan fingerprint density at radius 3 is 2.57 bits per heavy atom. The largest absolute Gasteiger partial charge is 0.395 e. The van der Waals surface area contributed by atoms with Crippen molar-refractivity contribution < 1.29 is 23.2 Å². The van der Waals surface area contributed by atoms with Gasteiger partial charge < -0.3 is 20.7 Å². The summed E-state index contributed by atoms with van der Waals surface area (Å²) in [5.74, 6) is -1.61. The van der Waals surface area contributed by atoms with Gasteiger partial charge in [-0.1, -0.05) is 29.4 Å². The lowest BCUT2D eigenvalue weighted by atomic mass is 9.77. The molecule has 0 saturated carbocycles. The fourth-order valence-electron chi connectivity index (χ4n) is 5.04. The summed E-state index contributed by atoms with van der Waals surface area (Å²) in [6.07, 6.45) is 0.502. The van der Waals surface area contributed by atoms with E-state index in [1.807, 2.05) is 24.3 Å². The van der Waals surface area contributed by atoms with Crippen LogP contribution in [0.25, 0.3) is 22.1 Å². The smallest absolute Gasteiger partial charge is 0.255 e. The summed E-state index contributed by atoms with van der Waals surface area (Å²) in [6.45, 7) is -0.115. The normalized spacial score (nSPS) is 14.3. The summed E-state index contributed by atoms with van der Waals surface area (Å²) < 4.78 is 32.9. The van der Waals surface area contributed by atoms with Crippen molar-refractivity contribution in [2.24, 2.45) is 0 Å². The topological polar surface area (TPSA) is 101 Å². The Balaban J connectivity index is 1.32. The van der Waals surface area contributed by atoms with Gasteiger partial charge in [0.1, 0.15) is 11.6 Å². The Morgan fingerprint density at radius 1 is 1.00 bits per heavy atom. The fourth-order valence-corrected chi connectivity index (χ4v) is 5.04. The number of nitrogen functional groups attached to an aromatic ring is 1. The number of amides is 1. The summed E-state index contributed by atoms with van der Waals surface area (Å²) in [4.78, 5) is 13.1. The van der Waals surface area contributed by atoms with Crippen LogP contribution in [0.5, 0.6) is 0 Å². The van der Waals surface area contributed by atoms with E-state index in [1.54, 1.807) is 30.3 Å². The highest BCUT2D eigenvalue weighted by atomic mass is 19.1. The van der Waals surface area contributed by atoms with Gasteiger partial charge in [0.25, 0.3) is 5.91 Å². The molecule has 1 aromatic heterocycles. The Labute approximate surface area is 210 Å². The standard InChI is InChI=1S/C29H21F2N3O3/c30-19-3-7-23(26(31)12-19)15-1-5-21-17(9-15)11-18-10-16(2-6-22(18)25(21)14-35)29(36)33-20-4-8-27-24(13-20)28(32)34-37-27/h1-10,12-13,25,35H,11,14H2,(H2,32,34)(H,33,36)/t25-/m0/s1. The predicted octanol–water partition coefficient (Wildman–Crippen LogP) is 5.64. The number of carbonyl (C=O) groups excluding carboxylic acids is 1. The number of halogens is 2. The molecule has 1 atom stereocenters. The number of nitrogens with zero attached hydrogens (tertiary/aromatic N) is 1. The first-order valence-electron chi connectivity index (χ1n) is 11.7. The molecule has 0 fully saturated rings. The van der Waals surface area contributed by atoms with E-state index in [4.69, 9.17) is 10.3 Å². The number of aromatic nitrogens is 1. The SMILES string of the molecule is Nc1noc2ccc(NC(=O)c3ccc4c(c3)Cc3cc(-c5ccc(F)cc5F)ccc3[C@@H]4CO)cc12. The van der Waals surface area contributed by atoms with Crippen LogP contribution in [-0.4, -0.2) is 22.8 Å². The van der Waals surface area contributed by atoms with Crippen molar-refractivity contribution in [2.45, 2.75) is 12.3 Å². The van der Waals surface area contributed by atoms with Gasteiger partial charge in [-0.05, 0) is 76.7 Å². The zero-order chi connectivity index (χ0) is 25.7. The van der Waals surface area contributed by atoms with Crippen LogP contribution < -0.4 is 11.1 Å². The van der Waals surface area contributed by atoms with E-state index in [1.165, 1.54) is 12.1 Å². The molecule has 6 rings (SSSR count). The third-order valence-corrected chi connectivity index (χ3v) is 6.86. The molecule has 6 nitrogen and oxygen atoms in total. The summed E-state index contributed by atoms with van der Waals surface area (Å²) in [7, 11) is 0. The molecule has 4 aromatic carbocycles. The molecule has 37 heavy (non-hydrogen) atoms. The second kappa shape index (κ2) is 8.83. The Bertz CT molecular complexity index is 1700. The minimum atomic E-state index is -0.639. The van der Waals surface area contributed by atoms with Crippen molar-refractivity contribution in [3.63, 3.8) is 0 Å². The molecule has 1 aliphatic rings. The number of anilines is 2. The van der Waals surface area contributed by atoms with Gasteiger partial charge in [-0.25, -0.2) is 8.78 Å². The molecular formula is C29H21F2N3O3. The minimum Gasteiger partial charge on any atom is -0.395 e. The highest BCUT2D eigenvalue weighted by Gasteiger charge is 2.26. The van der Waals surface area contributed by atoms with Gasteiger partial charge in [-0.3, -0.25) is 4.79 Å². The lowest BCUT2D eigenvalue weighted by molar-refractivity contribution is 0.102. The van der Waals surface area contributed by atoms with Crippen LogP contribution in [0.1, 0.15) is 38.5 Å². The average molecular weight is 498 g/mol. The number of carbonyl (C=O) groups is 1. The second-order valence-electron chi connectivity index (χ2n) is 9.10. The van der Waals surface area contributed by atoms with E-state index >= 15 is 0 Å². The van der Waals surface area contributed by atoms with Crippen LogP contribution in [0.2, 0.25) is 0 Å². The van der Waals surface area contributed by atoms with Crippen molar-refractivity contribution in [1.29, 1.82) is 0 Å². The highest BCUT2D eigenvalue weighted by Crippen LogP contribution is 2.39. The van der Waals surface area contributed by atoms with Crippen LogP contribution >= 0.6 is 0 Å². The monoisotopic (exact) mass is 497 g/mol. The molecule has 1 aliphatic carbocycles. The molecule has 0 aliphatic heterocycles. The van der Waals surface area contributed by atoms with Crippen LogP contribution in [0.3, 0.4) is 0 Å². The molecule has 5 aromatic rings. The molecule has 8 heteroatoms. The van der Waals surface area contributed by atoms with Gasteiger partial charge >= 0.3 is 0 Å². The van der Waals surface area contributed by atoms with Gasteiger partial charge in [0, 0.05) is 28.8 Å². The summed E-state index contributed by atoms with van der Waals surface area (Å²) in [5, 5.41) is 17.4. The molecule has 0 spiro atoms. The summed E-state index contributed by atoms with van der Waals surface area (Å²) in [6, 6.07) is 19.5. The maximum Gasteiger partial charge on any atom is 0.255 e. The quantitative estimate of drug-likeness (QED) is 0.299. The maximum atomic E-state index is 14.4. The molecule has 0 unspecified atom stereocenters. The Kier molecular flexibility index (Phi) is 5.46. The zero-order valence-corrected chi connectivity index (χ0v) is 19.5. The molecule has 184 valence electrons. The number of nitrogens with one attached hydrogen (secondary N) is 1. The van der Waals surface area contributed by atoms with Crippen molar-refractivity contribution in [1.82, 2.24) is 5.16 Å². The second-order valence-corrected chi connectivity index (χ2v) is 9.10. The lowest BCUT2D eigenvalue weighted by Gasteiger charge is -2.28. The van der Waals surface area contributed by atoms with E-state index in [9.17, 15) is 18.7 Å².